The summed E-state index contributed by atoms with van der Waals surface area (Å²) in [6, 6.07) is 0. The van der Waals surface area contributed by atoms with Crippen LogP contribution in [0.25, 0.3) is 0 Å². The van der Waals surface area contributed by atoms with Crippen LogP contribution in [0.2, 0.25) is 0 Å². The Morgan fingerprint density at radius 3 is 2.00 bits per heavy atom. The number of hydrogen-bond acceptors (Lipinski definition) is 3. The van der Waals surface area contributed by atoms with E-state index in [0.29, 0.717) is 6.54 Å². The molecule has 0 rings (SSSR count). The van der Waals surface area contributed by atoms with Crippen molar-refractivity contribution in [3.63, 3.8) is 0 Å². The molecule has 0 spiro atoms. The van der Waals surface area contributed by atoms with Crippen LogP contribution < -0.4 is 5.32 Å². The Morgan fingerprint density at radius 1 is 1.12 bits per heavy atom. The molecule has 0 radical (unpaired) electrons. The second-order valence-corrected chi connectivity index (χ2v) is 5.92. The van der Waals surface area contributed by atoms with Crippen LogP contribution in [0.4, 0.5) is 4.79 Å². The largest absolute Gasteiger partial charge is 0.444 e. The average Bonchev–Trinajstić information content (AvgIpc) is 1.94. The Balaban J connectivity index is 3.85. The molecule has 1 N–H and O–H groups in total. The van der Waals surface area contributed by atoms with Crippen molar-refractivity contribution in [2.75, 3.05) is 6.54 Å². The van der Waals surface area contributed by atoms with Crippen molar-refractivity contribution in [2.45, 2.75) is 65.8 Å². The first-order valence-electron chi connectivity index (χ1n) is 5.64. The SMILES string of the molecule is C[C@@H](CNC(=O)OC(C)(C)C)OC(C)(C)C. The molecule has 0 fully saturated rings. The first kappa shape index (κ1) is 15.2. The zero-order chi connectivity index (χ0) is 13.0. The number of ether oxygens (including phenoxy) is 2. The minimum Gasteiger partial charge on any atom is -0.444 e. The highest BCUT2D eigenvalue weighted by Gasteiger charge is 2.18. The van der Waals surface area contributed by atoms with Gasteiger partial charge in [0.2, 0.25) is 0 Å². The van der Waals surface area contributed by atoms with Crippen LogP contribution in [-0.2, 0) is 9.47 Å². The third-order valence-electron chi connectivity index (χ3n) is 1.49. The van der Waals surface area contributed by atoms with Gasteiger partial charge in [-0.15, -0.1) is 0 Å². The van der Waals surface area contributed by atoms with Crippen molar-refractivity contribution in [1.82, 2.24) is 5.32 Å². The number of carbonyl (C=O) groups excluding carboxylic acids is 1. The van der Waals surface area contributed by atoms with Gasteiger partial charge in [0.05, 0.1) is 11.7 Å². The van der Waals surface area contributed by atoms with Gasteiger partial charge in [-0.1, -0.05) is 0 Å². The Morgan fingerprint density at radius 2 is 1.62 bits per heavy atom. The molecule has 4 nitrogen and oxygen atoms in total. The summed E-state index contributed by atoms with van der Waals surface area (Å²) in [5.74, 6) is 0. The fraction of sp³-hybridized carbons (Fsp3) is 0.917. The molecule has 0 aliphatic carbocycles. The number of alkyl carbamates (subject to hydrolysis) is 1. The van der Waals surface area contributed by atoms with Crippen LogP contribution in [0.3, 0.4) is 0 Å². The molecule has 0 aromatic carbocycles. The maximum absolute atomic E-state index is 11.3. The van der Waals surface area contributed by atoms with E-state index in [1.807, 2.05) is 48.5 Å². The monoisotopic (exact) mass is 231 g/mol. The van der Waals surface area contributed by atoms with Crippen LogP contribution in [0.1, 0.15) is 48.5 Å². The van der Waals surface area contributed by atoms with Crippen molar-refractivity contribution >= 4 is 6.09 Å². The molecular weight excluding hydrogens is 206 g/mol. The Bertz CT molecular complexity index is 225. The molecule has 0 unspecified atom stereocenters. The molecule has 0 saturated heterocycles. The summed E-state index contributed by atoms with van der Waals surface area (Å²) in [7, 11) is 0. The summed E-state index contributed by atoms with van der Waals surface area (Å²) in [6.07, 6.45) is -0.440. The number of hydrogen-bond donors (Lipinski definition) is 1. The van der Waals surface area contributed by atoms with Gasteiger partial charge >= 0.3 is 6.09 Å². The van der Waals surface area contributed by atoms with E-state index in [-0.39, 0.29) is 11.7 Å². The lowest BCUT2D eigenvalue weighted by molar-refractivity contribution is -0.0506. The fourth-order valence-corrected chi connectivity index (χ4v) is 1.19. The number of amides is 1. The van der Waals surface area contributed by atoms with Gasteiger partial charge in [0, 0.05) is 6.54 Å². The number of carbonyl (C=O) groups is 1. The number of nitrogens with one attached hydrogen (secondary N) is 1. The lowest BCUT2D eigenvalue weighted by Crippen LogP contribution is -2.39. The standard InChI is InChI=1S/C12H25NO3/c1-9(15-11(2,3)4)8-13-10(14)16-12(5,6)7/h9H,8H2,1-7H3,(H,13,14)/t9-/m0/s1. The van der Waals surface area contributed by atoms with E-state index in [2.05, 4.69) is 5.32 Å². The average molecular weight is 231 g/mol. The summed E-state index contributed by atoms with van der Waals surface area (Å²) in [5.41, 5.74) is -0.659. The molecule has 0 aromatic rings. The molecule has 1 amide bonds. The van der Waals surface area contributed by atoms with E-state index in [1.54, 1.807) is 0 Å². The molecule has 0 saturated carbocycles. The molecule has 0 aromatic heterocycles. The van der Waals surface area contributed by atoms with Crippen molar-refractivity contribution in [1.29, 1.82) is 0 Å². The van der Waals surface area contributed by atoms with E-state index >= 15 is 0 Å². The lowest BCUT2D eigenvalue weighted by Gasteiger charge is -2.26. The van der Waals surface area contributed by atoms with Gasteiger partial charge in [-0.3, -0.25) is 0 Å². The van der Waals surface area contributed by atoms with Gasteiger partial charge in [-0.2, -0.15) is 0 Å². The molecule has 4 heteroatoms. The van der Waals surface area contributed by atoms with Gasteiger partial charge in [-0.25, -0.2) is 4.79 Å². The smallest absolute Gasteiger partial charge is 0.407 e. The van der Waals surface area contributed by atoms with Gasteiger partial charge in [-0.05, 0) is 48.5 Å². The Kier molecular flexibility index (Phi) is 5.26. The van der Waals surface area contributed by atoms with Gasteiger partial charge < -0.3 is 14.8 Å². The van der Waals surface area contributed by atoms with Crippen LogP contribution >= 0.6 is 0 Å². The topological polar surface area (TPSA) is 47.6 Å². The number of rotatable bonds is 3. The highest BCUT2D eigenvalue weighted by molar-refractivity contribution is 5.67. The van der Waals surface area contributed by atoms with Crippen molar-refractivity contribution < 1.29 is 14.3 Å². The molecular formula is C12H25NO3. The van der Waals surface area contributed by atoms with Crippen molar-refractivity contribution in [3.8, 4) is 0 Å². The van der Waals surface area contributed by atoms with Crippen molar-refractivity contribution in [2.24, 2.45) is 0 Å². The second-order valence-electron chi connectivity index (χ2n) is 5.92. The maximum atomic E-state index is 11.3. The minimum atomic E-state index is -0.460. The molecule has 0 heterocycles. The van der Waals surface area contributed by atoms with Crippen LogP contribution in [-0.4, -0.2) is 29.9 Å². The molecule has 1 atom stereocenters. The van der Waals surface area contributed by atoms with Gasteiger partial charge in [0.25, 0.3) is 0 Å². The summed E-state index contributed by atoms with van der Waals surface area (Å²) in [4.78, 5) is 11.3. The fourth-order valence-electron chi connectivity index (χ4n) is 1.19. The lowest BCUT2D eigenvalue weighted by atomic mass is 10.2. The van der Waals surface area contributed by atoms with Crippen LogP contribution in [0.15, 0.2) is 0 Å². The van der Waals surface area contributed by atoms with Gasteiger partial charge in [0.1, 0.15) is 5.60 Å². The molecule has 0 bridgehead atoms. The summed E-state index contributed by atoms with van der Waals surface area (Å²) in [5, 5.41) is 2.68. The van der Waals surface area contributed by atoms with Crippen LogP contribution in [0.5, 0.6) is 0 Å². The first-order valence-corrected chi connectivity index (χ1v) is 5.64. The Labute approximate surface area is 98.7 Å². The van der Waals surface area contributed by atoms with Crippen molar-refractivity contribution in [3.05, 3.63) is 0 Å². The Hall–Kier alpha value is -0.770. The predicted molar refractivity (Wildman–Crippen MR) is 64.5 cm³/mol. The highest BCUT2D eigenvalue weighted by atomic mass is 16.6. The third kappa shape index (κ3) is 9.77. The predicted octanol–water partition coefficient (Wildman–Crippen LogP) is 2.71. The zero-order valence-electron chi connectivity index (χ0n) is 11.5. The van der Waals surface area contributed by atoms with E-state index in [4.69, 9.17) is 9.47 Å². The normalized spacial score (nSPS) is 14.4. The quantitative estimate of drug-likeness (QED) is 0.812. The maximum Gasteiger partial charge on any atom is 0.407 e. The summed E-state index contributed by atoms with van der Waals surface area (Å²) >= 11 is 0. The van der Waals surface area contributed by atoms with E-state index in [0.717, 1.165) is 0 Å². The molecule has 0 aliphatic heterocycles. The zero-order valence-corrected chi connectivity index (χ0v) is 11.5. The van der Waals surface area contributed by atoms with E-state index < -0.39 is 11.7 Å². The third-order valence-corrected chi connectivity index (χ3v) is 1.49. The van der Waals surface area contributed by atoms with Crippen LogP contribution in [0, 0.1) is 0 Å². The highest BCUT2D eigenvalue weighted by Crippen LogP contribution is 2.10. The molecule has 0 aliphatic rings. The molecule has 16 heavy (non-hydrogen) atoms. The van der Waals surface area contributed by atoms with Gasteiger partial charge in [0.15, 0.2) is 0 Å². The summed E-state index contributed by atoms with van der Waals surface area (Å²) < 4.78 is 10.8. The first-order chi connectivity index (χ1) is 6.99. The second kappa shape index (κ2) is 5.53. The van der Waals surface area contributed by atoms with E-state index in [9.17, 15) is 4.79 Å². The van der Waals surface area contributed by atoms with E-state index in [1.165, 1.54) is 0 Å². The molecule has 96 valence electrons. The summed E-state index contributed by atoms with van der Waals surface area (Å²) in [6.45, 7) is 13.8. The minimum absolute atomic E-state index is 0.0347.